The summed E-state index contributed by atoms with van der Waals surface area (Å²) in [6, 6.07) is 8.34. The molecular formula is C15H11FN2O3. The third-order valence-electron chi connectivity index (χ3n) is 3.11. The number of hydrogen-bond acceptors (Lipinski definition) is 4. The molecule has 0 bridgehead atoms. The van der Waals surface area contributed by atoms with Crippen LogP contribution in [0.3, 0.4) is 0 Å². The zero-order chi connectivity index (χ0) is 15.0. The van der Waals surface area contributed by atoms with Gasteiger partial charge in [0.25, 0.3) is 5.91 Å². The van der Waals surface area contributed by atoms with E-state index in [1.165, 1.54) is 24.3 Å². The van der Waals surface area contributed by atoms with Crippen molar-refractivity contribution in [1.29, 1.82) is 0 Å². The summed E-state index contributed by atoms with van der Waals surface area (Å²) in [5.41, 5.74) is 6.39. The molecule has 5 nitrogen and oxygen atoms in total. The first-order valence-corrected chi connectivity index (χ1v) is 6.21. The van der Waals surface area contributed by atoms with Crippen molar-refractivity contribution < 1.29 is 18.7 Å². The number of halogens is 1. The Kier molecular flexibility index (Phi) is 3.06. The molecule has 3 N–H and O–H groups in total. The maximum Gasteiger partial charge on any atom is 0.262 e. The van der Waals surface area contributed by atoms with Gasteiger partial charge >= 0.3 is 0 Å². The Balaban J connectivity index is 2.00. The van der Waals surface area contributed by atoms with Crippen LogP contribution in [0, 0.1) is 5.82 Å². The second-order valence-corrected chi connectivity index (χ2v) is 4.62. The number of amides is 1. The van der Waals surface area contributed by atoms with Crippen LogP contribution in [0.5, 0.6) is 5.75 Å². The zero-order valence-electron chi connectivity index (χ0n) is 10.9. The van der Waals surface area contributed by atoms with E-state index in [2.05, 4.69) is 5.32 Å². The monoisotopic (exact) mass is 286 g/mol. The number of carbonyl (C=O) groups excluding carboxylic acids is 2. The third-order valence-corrected chi connectivity index (χ3v) is 3.11. The van der Waals surface area contributed by atoms with Gasteiger partial charge in [0.2, 0.25) is 0 Å². The van der Waals surface area contributed by atoms with Crippen LogP contribution in [0.2, 0.25) is 0 Å². The molecule has 2 aromatic carbocycles. The second-order valence-electron chi connectivity index (χ2n) is 4.62. The fourth-order valence-corrected chi connectivity index (χ4v) is 2.10. The quantitative estimate of drug-likeness (QED) is 0.653. The number of nitrogens with one attached hydrogen (secondary N) is 1. The van der Waals surface area contributed by atoms with Crippen molar-refractivity contribution in [3.8, 4) is 5.75 Å². The van der Waals surface area contributed by atoms with Gasteiger partial charge in [-0.3, -0.25) is 9.59 Å². The van der Waals surface area contributed by atoms with Crippen LogP contribution in [0.25, 0.3) is 0 Å². The number of carbonyl (C=O) groups is 2. The van der Waals surface area contributed by atoms with Crippen molar-refractivity contribution in [2.75, 3.05) is 17.7 Å². The van der Waals surface area contributed by atoms with Crippen molar-refractivity contribution in [2.24, 2.45) is 0 Å². The van der Waals surface area contributed by atoms with Crippen molar-refractivity contribution in [3.05, 3.63) is 53.3 Å². The molecule has 0 aliphatic carbocycles. The fraction of sp³-hybridized carbons (Fsp3) is 0.0667. The summed E-state index contributed by atoms with van der Waals surface area (Å²) < 4.78 is 18.9. The molecule has 1 aliphatic heterocycles. The highest BCUT2D eigenvalue weighted by molar-refractivity contribution is 6.10. The topological polar surface area (TPSA) is 81.4 Å². The first-order chi connectivity index (χ1) is 10.0. The summed E-state index contributed by atoms with van der Waals surface area (Å²) in [5, 5.41) is 2.60. The average Bonchev–Trinajstić information content (AvgIpc) is 2.48. The summed E-state index contributed by atoms with van der Waals surface area (Å²) >= 11 is 0. The average molecular weight is 286 g/mol. The van der Waals surface area contributed by atoms with E-state index >= 15 is 0 Å². The smallest absolute Gasteiger partial charge is 0.262 e. The van der Waals surface area contributed by atoms with Gasteiger partial charge in [0, 0.05) is 11.3 Å². The Morgan fingerprint density at radius 2 is 2.05 bits per heavy atom. The van der Waals surface area contributed by atoms with Gasteiger partial charge in [-0.1, -0.05) is 0 Å². The number of rotatable bonds is 2. The minimum atomic E-state index is -0.646. The Morgan fingerprint density at radius 1 is 1.24 bits per heavy atom. The molecule has 106 valence electrons. The maximum absolute atomic E-state index is 13.7. The van der Waals surface area contributed by atoms with Crippen LogP contribution in [0.4, 0.5) is 15.8 Å². The van der Waals surface area contributed by atoms with Crippen LogP contribution in [0.1, 0.15) is 15.9 Å². The highest BCUT2D eigenvalue weighted by Crippen LogP contribution is 2.29. The molecular weight excluding hydrogens is 275 g/mol. The first-order valence-electron chi connectivity index (χ1n) is 6.21. The number of ether oxygens (including phenoxy) is 1. The predicted molar refractivity (Wildman–Crippen MR) is 74.8 cm³/mol. The highest BCUT2D eigenvalue weighted by atomic mass is 19.1. The molecule has 0 fully saturated rings. The van der Waals surface area contributed by atoms with E-state index in [1.54, 1.807) is 6.07 Å². The second kappa shape index (κ2) is 4.90. The molecule has 0 saturated heterocycles. The number of ketones is 1. The van der Waals surface area contributed by atoms with Crippen molar-refractivity contribution >= 4 is 23.1 Å². The van der Waals surface area contributed by atoms with Crippen LogP contribution < -0.4 is 15.8 Å². The van der Waals surface area contributed by atoms with Gasteiger partial charge in [0.05, 0.1) is 11.3 Å². The molecule has 2 aromatic rings. The van der Waals surface area contributed by atoms with Crippen LogP contribution in [0.15, 0.2) is 36.4 Å². The van der Waals surface area contributed by atoms with Crippen molar-refractivity contribution in [1.82, 2.24) is 0 Å². The number of benzene rings is 2. The van der Waals surface area contributed by atoms with E-state index in [9.17, 15) is 14.0 Å². The summed E-state index contributed by atoms with van der Waals surface area (Å²) in [6.45, 7) is -0.0653. The van der Waals surface area contributed by atoms with Crippen molar-refractivity contribution in [3.63, 3.8) is 0 Å². The van der Waals surface area contributed by atoms with Crippen LogP contribution in [-0.4, -0.2) is 18.3 Å². The normalized spacial score (nSPS) is 13.1. The van der Waals surface area contributed by atoms with E-state index in [-0.39, 0.29) is 23.6 Å². The molecule has 1 heterocycles. The minimum Gasteiger partial charge on any atom is -0.482 e. The summed E-state index contributed by atoms with van der Waals surface area (Å²) in [5.74, 6) is -0.990. The van der Waals surface area contributed by atoms with Gasteiger partial charge in [0.15, 0.2) is 12.4 Å². The van der Waals surface area contributed by atoms with Gasteiger partial charge in [-0.15, -0.1) is 0 Å². The Hall–Kier alpha value is -2.89. The standard InChI is InChI=1S/C15H11FN2O3/c16-11-3-2-9(17)6-10(11)15(20)8-1-4-13-12(5-8)18-14(19)7-21-13/h1-6H,7,17H2,(H,18,19). The number of fused-ring (bicyclic) bond motifs is 1. The lowest BCUT2D eigenvalue weighted by Gasteiger charge is -2.18. The molecule has 0 unspecified atom stereocenters. The predicted octanol–water partition coefficient (Wildman–Crippen LogP) is 1.97. The largest absolute Gasteiger partial charge is 0.482 e. The zero-order valence-corrected chi connectivity index (χ0v) is 10.9. The summed E-state index contributed by atoms with van der Waals surface area (Å²) in [6.07, 6.45) is 0. The van der Waals surface area contributed by atoms with E-state index in [1.807, 2.05) is 0 Å². The molecule has 0 spiro atoms. The fourth-order valence-electron chi connectivity index (χ4n) is 2.10. The SMILES string of the molecule is Nc1ccc(F)c(C(=O)c2ccc3c(c2)NC(=O)CO3)c1. The molecule has 3 rings (SSSR count). The number of anilines is 2. The highest BCUT2D eigenvalue weighted by Gasteiger charge is 2.20. The van der Waals surface area contributed by atoms with E-state index in [4.69, 9.17) is 10.5 Å². The molecule has 21 heavy (non-hydrogen) atoms. The lowest BCUT2D eigenvalue weighted by Crippen LogP contribution is -2.25. The third kappa shape index (κ3) is 2.43. The molecule has 6 heteroatoms. The summed E-state index contributed by atoms with van der Waals surface area (Å²) in [7, 11) is 0. The summed E-state index contributed by atoms with van der Waals surface area (Å²) in [4.78, 5) is 23.6. The molecule has 0 radical (unpaired) electrons. The minimum absolute atomic E-state index is 0.0653. The lowest BCUT2D eigenvalue weighted by molar-refractivity contribution is -0.118. The van der Waals surface area contributed by atoms with Gasteiger partial charge in [-0.25, -0.2) is 4.39 Å². The first kappa shape index (κ1) is 13.1. The van der Waals surface area contributed by atoms with E-state index in [0.29, 0.717) is 17.1 Å². The number of nitrogen functional groups attached to an aromatic ring is 1. The van der Waals surface area contributed by atoms with Gasteiger partial charge in [-0.2, -0.15) is 0 Å². The van der Waals surface area contributed by atoms with Gasteiger partial charge in [-0.05, 0) is 36.4 Å². The maximum atomic E-state index is 13.7. The van der Waals surface area contributed by atoms with Gasteiger partial charge < -0.3 is 15.8 Å². The number of nitrogens with two attached hydrogens (primary N) is 1. The Bertz CT molecular complexity index is 759. The Morgan fingerprint density at radius 3 is 2.86 bits per heavy atom. The van der Waals surface area contributed by atoms with Gasteiger partial charge in [0.1, 0.15) is 11.6 Å². The molecule has 0 atom stereocenters. The Labute approximate surface area is 119 Å². The van der Waals surface area contributed by atoms with E-state index in [0.717, 1.165) is 6.07 Å². The lowest BCUT2D eigenvalue weighted by atomic mass is 10.0. The molecule has 1 aliphatic rings. The van der Waals surface area contributed by atoms with Crippen molar-refractivity contribution in [2.45, 2.75) is 0 Å². The van der Waals surface area contributed by atoms with E-state index < -0.39 is 11.6 Å². The van der Waals surface area contributed by atoms with Crippen LogP contribution >= 0.6 is 0 Å². The molecule has 0 aromatic heterocycles. The molecule has 1 amide bonds. The number of hydrogen-bond donors (Lipinski definition) is 2. The van der Waals surface area contributed by atoms with Crippen LogP contribution in [-0.2, 0) is 4.79 Å². The molecule has 0 saturated carbocycles.